The van der Waals surface area contributed by atoms with Gasteiger partial charge in [-0.1, -0.05) is 12.1 Å². The zero-order valence-corrected chi connectivity index (χ0v) is 12.0. The van der Waals surface area contributed by atoms with Gasteiger partial charge in [0.15, 0.2) is 0 Å². The first-order valence-corrected chi connectivity index (χ1v) is 7.62. The highest BCUT2D eigenvalue weighted by molar-refractivity contribution is 6.61. The fourth-order valence-corrected chi connectivity index (χ4v) is 3.58. The summed E-state index contributed by atoms with van der Waals surface area (Å²) in [6.07, 6.45) is 0.00282. The summed E-state index contributed by atoms with van der Waals surface area (Å²) in [5.74, 6) is -0.688. The molecule has 7 heteroatoms. The molecule has 1 heterocycles. The van der Waals surface area contributed by atoms with Crippen LogP contribution in [0.15, 0.2) is 24.3 Å². The summed E-state index contributed by atoms with van der Waals surface area (Å²) in [7, 11) is 1.30. The summed E-state index contributed by atoms with van der Waals surface area (Å²) in [6, 6.07) is 6.71. The van der Waals surface area contributed by atoms with Gasteiger partial charge in [-0.15, -0.1) is 0 Å². The van der Waals surface area contributed by atoms with Crippen molar-refractivity contribution in [3.63, 3.8) is 0 Å². The Labute approximate surface area is 112 Å². The maximum absolute atomic E-state index is 12.2. The molecule has 0 bridgehead atoms. The topological polar surface area (TPSA) is 65.1 Å². The molecule has 0 aromatic heterocycles. The van der Waals surface area contributed by atoms with Crippen LogP contribution in [0, 0.1) is 0 Å². The van der Waals surface area contributed by atoms with Crippen LogP contribution in [0.2, 0.25) is 0 Å². The zero-order valence-electron chi connectivity index (χ0n) is 11.0. The fourth-order valence-electron chi connectivity index (χ4n) is 2.02. The van der Waals surface area contributed by atoms with E-state index in [-0.39, 0.29) is 18.0 Å². The molecule has 19 heavy (non-hydrogen) atoms. The minimum absolute atomic E-state index is 0.00282. The number of hydrogen-bond donors (Lipinski definition) is 0. The van der Waals surface area contributed by atoms with E-state index in [9.17, 15) is 9.59 Å². The molecule has 2 amide bonds. The van der Waals surface area contributed by atoms with Crippen molar-refractivity contribution in [2.75, 3.05) is 27.5 Å². The van der Waals surface area contributed by atoms with Crippen molar-refractivity contribution in [1.82, 2.24) is 4.90 Å². The Hall–Kier alpha value is -1.54. The highest BCUT2D eigenvalue weighted by Gasteiger charge is 2.47. The van der Waals surface area contributed by atoms with Gasteiger partial charge in [-0.25, -0.2) is 0 Å². The minimum atomic E-state index is -3.02. The van der Waals surface area contributed by atoms with Crippen LogP contribution in [0.5, 0.6) is 0 Å². The van der Waals surface area contributed by atoms with E-state index < -0.39 is 8.80 Å². The van der Waals surface area contributed by atoms with E-state index in [2.05, 4.69) is 0 Å². The summed E-state index contributed by atoms with van der Waals surface area (Å²) >= 11 is 0. The molecule has 1 aliphatic rings. The Morgan fingerprint density at radius 2 is 1.37 bits per heavy atom. The van der Waals surface area contributed by atoms with Crippen molar-refractivity contribution in [1.29, 1.82) is 0 Å². The molecule has 0 spiro atoms. The number of hydrogen-bond acceptors (Lipinski definition) is 5. The van der Waals surface area contributed by atoms with Gasteiger partial charge in [-0.05, 0) is 12.1 Å². The number of nitrogens with zero attached hydrogens (tertiary/aromatic N) is 1. The fraction of sp³-hybridized carbons (Fsp3) is 0.333. The smallest absolute Gasteiger partial charge is 0.376 e. The normalized spacial score (nSPS) is 15.0. The second kappa shape index (κ2) is 5.22. The van der Waals surface area contributed by atoms with Crippen molar-refractivity contribution in [3.05, 3.63) is 35.4 Å². The Balaban J connectivity index is 2.30. The Morgan fingerprint density at radius 1 is 0.947 bits per heavy atom. The molecule has 1 aromatic rings. The van der Waals surface area contributed by atoms with Gasteiger partial charge in [0, 0.05) is 21.3 Å². The van der Waals surface area contributed by atoms with Gasteiger partial charge < -0.3 is 13.3 Å². The van der Waals surface area contributed by atoms with Crippen molar-refractivity contribution in [2.45, 2.75) is 0 Å². The van der Waals surface area contributed by atoms with E-state index in [0.717, 1.165) is 4.90 Å². The number of rotatable bonds is 5. The summed E-state index contributed by atoms with van der Waals surface area (Å²) in [5.41, 5.74) is 0.803. The number of carbonyl (C=O) groups excluding carboxylic acids is 2. The molecule has 6 nitrogen and oxygen atoms in total. The molecule has 0 saturated heterocycles. The molecule has 0 atom stereocenters. The van der Waals surface area contributed by atoms with Crippen LogP contribution < -0.4 is 0 Å². The lowest BCUT2D eigenvalue weighted by molar-refractivity contribution is 0.0591. The van der Waals surface area contributed by atoms with Crippen LogP contribution in [0.3, 0.4) is 0 Å². The lowest BCUT2D eigenvalue weighted by Crippen LogP contribution is -2.54. The van der Waals surface area contributed by atoms with Crippen molar-refractivity contribution >= 4 is 20.6 Å². The van der Waals surface area contributed by atoms with Gasteiger partial charge in [0.05, 0.1) is 17.3 Å². The SMILES string of the molecule is CO[Si](CN1C(=O)c2ccccc2C1=O)(OC)OC. The van der Waals surface area contributed by atoms with Crippen molar-refractivity contribution < 1.29 is 22.9 Å². The first kappa shape index (κ1) is 13.9. The number of amides is 2. The average molecular weight is 281 g/mol. The number of fused-ring (bicyclic) bond motifs is 1. The van der Waals surface area contributed by atoms with E-state index >= 15 is 0 Å². The molecule has 0 aliphatic carbocycles. The maximum Gasteiger partial charge on any atom is 0.521 e. The molecule has 0 unspecified atom stereocenters. The molecule has 0 fully saturated rings. The zero-order chi connectivity index (χ0) is 14.0. The molecule has 2 rings (SSSR count). The number of benzene rings is 1. The van der Waals surface area contributed by atoms with Crippen LogP contribution >= 0.6 is 0 Å². The monoisotopic (exact) mass is 281 g/mol. The number of carbonyl (C=O) groups is 2. The molecule has 0 saturated carbocycles. The standard InChI is InChI=1S/C12H15NO5Si/c1-16-19(17-2,18-3)8-13-11(14)9-6-4-5-7-10(9)12(13)15/h4-7H,8H2,1-3H3. The molecule has 0 N–H and O–H groups in total. The van der Waals surface area contributed by atoms with Gasteiger partial charge in [0.1, 0.15) is 0 Å². The van der Waals surface area contributed by atoms with Gasteiger partial charge in [0.2, 0.25) is 0 Å². The van der Waals surface area contributed by atoms with E-state index in [0.29, 0.717) is 11.1 Å². The third-order valence-corrected chi connectivity index (χ3v) is 5.73. The van der Waals surface area contributed by atoms with Crippen molar-refractivity contribution in [2.24, 2.45) is 0 Å². The van der Waals surface area contributed by atoms with Gasteiger partial charge in [-0.2, -0.15) is 0 Å². The molecular formula is C12H15NO5Si. The lowest BCUT2D eigenvalue weighted by atomic mass is 10.1. The van der Waals surface area contributed by atoms with E-state index in [1.807, 2.05) is 0 Å². The highest BCUT2D eigenvalue weighted by atomic mass is 28.4. The maximum atomic E-state index is 12.2. The third kappa shape index (κ3) is 2.21. The predicted molar refractivity (Wildman–Crippen MR) is 68.6 cm³/mol. The Bertz CT molecular complexity index is 471. The third-order valence-electron chi connectivity index (χ3n) is 3.16. The van der Waals surface area contributed by atoms with Gasteiger partial charge in [0.25, 0.3) is 11.8 Å². The average Bonchev–Trinajstić information content (AvgIpc) is 2.70. The Morgan fingerprint density at radius 3 is 1.74 bits per heavy atom. The van der Waals surface area contributed by atoms with Crippen LogP contribution in [-0.2, 0) is 13.3 Å². The second-order valence-electron chi connectivity index (χ2n) is 4.04. The van der Waals surface area contributed by atoms with Crippen LogP contribution in [0.1, 0.15) is 20.7 Å². The largest absolute Gasteiger partial charge is 0.521 e. The van der Waals surface area contributed by atoms with E-state index in [1.54, 1.807) is 24.3 Å². The summed E-state index contributed by atoms with van der Waals surface area (Å²) in [4.78, 5) is 25.5. The van der Waals surface area contributed by atoms with Gasteiger partial charge >= 0.3 is 8.80 Å². The quantitative estimate of drug-likeness (QED) is 0.587. The minimum Gasteiger partial charge on any atom is -0.376 e. The second-order valence-corrected chi connectivity index (χ2v) is 6.94. The lowest BCUT2D eigenvalue weighted by Gasteiger charge is -2.27. The molecule has 1 aliphatic heterocycles. The van der Waals surface area contributed by atoms with Crippen LogP contribution in [0.4, 0.5) is 0 Å². The van der Waals surface area contributed by atoms with Gasteiger partial charge in [-0.3, -0.25) is 14.5 Å². The van der Waals surface area contributed by atoms with E-state index in [1.165, 1.54) is 21.3 Å². The van der Waals surface area contributed by atoms with Crippen molar-refractivity contribution in [3.8, 4) is 0 Å². The molecular weight excluding hydrogens is 266 g/mol. The predicted octanol–water partition coefficient (Wildman–Crippen LogP) is 0.700. The Kier molecular flexibility index (Phi) is 3.81. The molecule has 1 aromatic carbocycles. The first-order chi connectivity index (χ1) is 9.08. The summed E-state index contributed by atoms with van der Waals surface area (Å²) in [6.45, 7) is 0. The summed E-state index contributed by atoms with van der Waals surface area (Å²) < 4.78 is 15.7. The molecule has 0 radical (unpaired) electrons. The van der Waals surface area contributed by atoms with Crippen LogP contribution in [0.25, 0.3) is 0 Å². The van der Waals surface area contributed by atoms with E-state index in [4.69, 9.17) is 13.3 Å². The highest BCUT2D eigenvalue weighted by Crippen LogP contribution is 2.24. The van der Waals surface area contributed by atoms with Crippen LogP contribution in [-0.4, -0.2) is 53.0 Å². The molecule has 102 valence electrons. The summed E-state index contributed by atoms with van der Waals surface area (Å²) in [5, 5.41) is 0. The number of imide groups is 1. The first-order valence-electron chi connectivity index (χ1n) is 5.69.